The van der Waals surface area contributed by atoms with Gasteiger partial charge in [-0.25, -0.2) is 0 Å². The van der Waals surface area contributed by atoms with Crippen molar-refractivity contribution in [2.45, 2.75) is 0 Å². The summed E-state index contributed by atoms with van der Waals surface area (Å²) in [5.74, 6) is 0.806. The first-order valence-corrected chi connectivity index (χ1v) is 5.08. The Morgan fingerprint density at radius 3 is 2.88 bits per heavy atom. The molecule has 3 N–H and O–H groups in total. The number of halogens is 1. The minimum Gasteiger partial charge on any atom is -0.506 e. The van der Waals surface area contributed by atoms with E-state index in [0.717, 1.165) is 0 Å². The van der Waals surface area contributed by atoms with E-state index in [2.05, 4.69) is 5.16 Å². The van der Waals surface area contributed by atoms with Gasteiger partial charge in [0.25, 0.3) is 0 Å². The van der Waals surface area contributed by atoms with Crippen LogP contribution in [-0.2, 0) is 0 Å². The quantitative estimate of drug-likeness (QED) is 0.809. The molecule has 88 valence electrons. The van der Waals surface area contributed by atoms with E-state index in [0.29, 0.717) is 22.8 Å². The van der Waals surface area contributed by atoms with E-state index < -0.39 is 0 Å². The highest BCUT2D eigenvalue weighted by Crippen LogP contribution is 2.49. The molecule has 0 amide bonds. The molecule has 1 aromatic heterocycles. The van der Waals surface area contributed by atoms with E-state index >= 15 is 0 Å². The molecule has 3 rings (SSSR count). The zero-order valence-electron chi connectivity index (χ0n) is 8.44. The topological polar surface area (TPSA) is 90.7 Å². The van der Waals surface area contributed by atoms with E-state index in [4.69, 9.17) is 31.3 Å². The summed E-state index contributed by atoms with van der Waals surface area (Å²) < 4.78 is 15.2. The zero-order valence-corrected chi connectivity index (χ0v) is 9.19. The number of phenolic OH excluding ortho intramolecular Hbond substituents is 1. The smallest absolute Gasteiger partial charge is 0.231 e. The summed E-state index contributed by atoms with van der Waals surface area (Å²) in [4.78, 5) is 0. The maximum absolute atomic E-state index is 9.93. The maximum Gasteiger partial charge on any atom is 0.231 e. The Kier molecular flexibility index (Phi) is 2.05. The number of phenols is 1. The molecule has 0 bridgehead atoms. The van der Waals surface area contributed by atoms with E-state index in [1.165, 1.54) is 12.1 Å². The molecule has 17 heavy (non-hydrogen) atoms. The second-order valence-corrected chi connectivity index (χ2v) is 3.84. The van der Waals surface area contributed by atoms with Gasteiger partial charge in [-0.2, -0.15) is 0 Å². The van der Waals surface area contributed by atoms with E-state index in [9.17, 15) is 5.11 Å². The summed E-state index contributed by atoms with van der Waals surface area (Å²) in [5.41, 5.74) is 6.08. The predicted octanol–water partition coefficient (Wildman–Crippen LogP) is 2.01. The Balaban J connectivity index is 2.28. The van der Waals surface area contributed by atoms with Crippen LogP contribution >= 0.6 is 11.6 Å². The monoisotopic (exact) mass is 254 g/mol. The molecule has 2 aromatic rings. The molecule has 2 heterocycles. The fourth-order valence-electron chi connectivity index (χ4n) is 1.65. The first-order valence-electron chi connectivity index (χ1n) is 4.70. The SMILES string of the molecule is Nc1cc(-c2c(O)c(Cl)cc3c2OCO3)no1. The number of anilines is 1. The third-order valence-corrected chi connectivity index (χ3v) is 2.66. The van der Waals surface area contributed by atoms with Gasteiger partial charge in [0.2, 0.25) is 12.7 Å². The number of hydrogen-bond acceptors (Lipinski definition) is 6. The lowest BCUT2D eigenvalue weighted by molar-refractivity contribution is 0.174. The van der Waals surface area contributed by atoms with Crippen LogP contribution in [-0.4, -0.2) is 17.1 Å². The predicted molar refractivity (Wildman–Crippen MR) is 59.1 cm³/mol. The Labute approximate surface area is 100 Å². The fraction of sp³-hybridized carbons (Fsp3) is 0.100. The maximum atomic E-state index is 9.93. The molecule has 6 nitrogen and oxygen atoms in total. The molecule has 1 aromatic carbocycles. The van der Waals surface area contributed by atoms with Crippen molar-refractivity contribution in [3.05, 3.63) is 17.2 Å². The number of aromatic hydroxyl groups is 1. The molecule has 0 unspecified atom stereocenters. The van der Waals surface area contributed by atoms with Crippen LogP contribution in [0, 0.1) is 0 Å². The van der Waals surface area contributed by atoms with Crippen LogP contribution in [0.3, 0.4) is 0 Å². The molecule has 0 atom stereocenters. The van der Waals surface area contributed by atoms with Gasteiger partial charge in [0, 0.05) is 12.1 Å². The van der Waals surface area contributed by atoms with Crippen molar-refractivity contribution in [3.63, 3.8) is 0 Å². The van der Waals surface area contributed by atoms with Crippen LogP contribution in [0.2, 0.25) is 5.02 Å². The highest BCUT2D eigenvalue weighted by Gasteiger charge is 2.26. The van der Waals surface area contributed by atoms with Gasteiger partial charge in [-0.1, -0.05) is 16.8 Å². The molecule has 0 aliphatic carbocycles. The lowest BCUT2D eigenvalue weighted by Gasteiger charge is -2.06. The standard InChI is InChI=1S/C10H7ClN2O4/c11-4-1-6-10(16-3-15-6)8(9(4)14)5-2-7(12)17-13-5/h1-2,14H,3,12H2. The van der Waals surface area contributed by atoms with Crippen molar-refractivity contribution in [1.29, 1.82) is 0 Å². The molecular formula is C10H7ClN2O4. The molecule has 0 spiro atoms. The number of nitrogens with zero attached hydrogens (tertiary/aromatic N) is 1. The number of hydrogen-bond donors (Lipinski definition) is 2. The molecule has 1 aliphatic rings. The Bertz CT molecular complexity index is 596. The van der Waals surface area contributed by atoms with E-state index in [1.807, 2.05) is 0 Å². The molecular weight excluding hydrogens is 248 g/mol. The van der Waals surface area contributed by atoms with Gasteiger partial charge in [-0.15, -0.1) is 0 Å². The number of benzene rings is 1. The lowest BCUT2D eigenvalue weighted by atomic mass is 10.1. The average molecular weight is 255 g/mol. The highest BCUT2D eigenvalue weighted by atomic mass is 35.5. The van der Waals surface area contributed by atoms with E-state index in [1.54, 1.807) is 0 Å². The molecule has 0 radical (unpaired) electrons. The second kappa shape index (κ2) is 3.46. The molecule has 7 heteroatoms. The average Bonchev–Trinajstić information content (AvgIpc) is 2.89. The summed E-state index contributed by atoms with van der Waals surface area (Å²) in [5, 5.41) is 13.8. The third-order valence-electron chi connectivity index (χ3n) is 2.37. The van der Waals surface area contributed by atoms with Crippen molar-refractivity contribution in [1.82, 2.24) is 5.16 Å². The number of nitrogens with two attached hydrogens (primary N) is 1. The lowest BCUT2D eigenvalue weighted by Crippen LogP contribution is -1.93. The van der Waals surface area contributed by atoms with Crippen LogP contribution in [0.4, 0.5) is 5.88 Å². The number of ether oxygens (including phenoxy) is 2. The summed E-state index contributed by atoms with van der Waals surface area (Å²) in [6.45, 7) is 0.0649. The first-order chi connectivity index (χ1) is 8.16. The van der Waals surface area contributed by atoms with Crippen molar-refractivity contribution in [3.8, 4) is 28.5 Å². The van der Waals surface area contributed by atoms with Gasteiger partial charge < -0.3 is 24.8 Å². The van der Waals surface area contributed by atoms with Crippen LogP contribution in [0.25, 0.3) is 11.3 Å². The highest BCUT2D eigenvalue weighted by molar-refractivity contribution is 6.32. The van der Waals surface area contributed by atoms with Crippen molar-refractivity contribution < 1.29 is 19.1 Å². The minimum absolute atomic E-state index is 0.0649. The van der Waals surface area contributed by atoms with Crippen LogP contribution in [0.5, 0.6) is 17.2 Å². The van der Waals surface area contributed by atoms with E-state index in [-0.39, 0.29) is 23.4 Å². The minimum atomic E-state index is -0.149. The molecule has 0 fully saturated rings. The Morgan fingerprint density at radius 1 is 1.35 bits per heavy atom. The van der Waals surface area contributed by atoms with Crippen LogP contribution in [0.15, 0.2) is 16.7 Å². The Morgan fingerprint density at radius 2 is 2.18 bits per heavy atom. The summed E-state index contributed by atoms with van der Waals surface area (Å²) in [6, 6.07) is 2.94. The van der Waals surface area contributed by atoms with Crippen LogP contribution < -0.4 is 15.2 Å². The third kappa shape index (κ3) is 1.45. The van der Waals surface area contributed by atoms with Crippen molar-refractivity contribution in [2.24, 2.45) is 0 Å². The molecule has 0 saturated carbocycles. The number of rotatable bonds is 1. The number of nitrogen functional groups attached to an aromatic ring is 1. The van der Waals surface area contributed by atoms with Gasteiger partial charge in [0.05, 0.1) is 10.6 Å². The van der Waals surface area contributed by atoms with Crippen molar-refractivity contribution >= 4 is 17.5 Å². The summed E-state index contributed by atoms with van der Waals surface area (Å²) in [6.07, 6.45) is 0. The zero-order chi connectivity index (χ0) is 12.0. The van der Waals surface area contributed by atoms with Gasteiger partial charge >= 0.3 is 0 Å². The number of aromatic nitrogens is 1. The second-order valence-electron chi connectivity index (χ2n) is 3.43. The number of fused-ring (bicyclic) bond motifs is 1. The van der Waals surface area contributed by atoms with Gasteiger partial charge in [0.15, 0.2) is 11.5 Å². The van der Waals surface area contributed by atoms with Gasteiger partial charge in [-0.05, 0) is 0 Å². The van der Waals surface area contributed by atoms with Crippen LogP contribution in [0.1, 0.15) is 0 Å². The van der Waals surface area contributed by atoms with Crippen molar-refractivity contribution in [2.75, 3.05) is 12.5 Å². The molecule has 0 saturated heterocycles. The summed E-state index contributed by atoms with van der Waals surface area (Å²) >= 11 is 5.88. The largest absolute Gasteiger partial charge is 0.506 e. The molecule has 1 aliphatic heterocycles. The summed E-state index contributed by atoms with van der Waals surface area (Å²) in [7, 11) is 0. The van der Waals surface area contributed by atoms with Gasteiger partial charge in [0.1, 0.15) is 11.4 Å². The Hall–Kier alpha value is -2.08. The normalized spacial score (nSPS) is 13.0. The fourth-order valence-corrected chi connectivity index (χ4v) is 1.84. The first kappa shape index (κ1) is 10.1. The van der Waals surface area contributed by atoms with Gasteiger partial charge in [-0.3, -0.25) is 0 Å².